The van der Waals surface area contributed by atoms with Crippen LogP contribution >= 0.6 is 22.9 Å². The molecule has 148 valence electrons. The standard InChI is InChI=1S/C19H13ClFN3O3S2/c1-27-18-8-13(20)3-5-17(18)24(19-23-6-7-28-19)29(25,26)14-4-2-12-10-22-11-16(21)15(12)9-14/h2-11H,1H3. The molecule has 0 aliphatic heterocycles. The number of rotatable bonds is 5. The molecule has 2 heterocycles. The van der Waals surface area contributed by atoms with Crippen molar-refractivity contribution in [2.45, 2.75) is 4.90 Å². The number of sulfonamides is 1. The summed E-state index contributed by atoms with van der Waals surface area (Å²) in [6, 6.07) is 8.80. The van der Waals surface area contributed by atoms with E-state index in [-0.39, 0.29) is 26.9 Å². The van der Waals surface area contributed by atoms with Crippen LogP contribution in [0, 0.1) is 5.82 Å². The molecular formula is C19H13ClFN3O3S2. The topological polar surface area (TPSA) is 72.4 Å². The van der Waals surface area contributed by atoms with Gasteiger partial charge in [0.15, 0.2) is 0 Å². The second-order valence-corrected chi connectivity index (χ2v) is 9.00. The molecule has 0 fully saturated rings. The predicted octanol–water partition coefficient (Wildman–Crippen LogP) is 5.02. The molecule has 0 amide bonds. The van der Waals surface area contributed by atoms with Crippen LogP contribution in [0.5, 0.6) is 5.75 Å². The Bertz CT molecular complexity index is 1300. The number of nitrogens with zero attached hydrogens (tertiary/aromatic N) is 3. The summed E-state index contributed by atoms with van der Waals surface area (Å²) in [6.45, 7) is 0. The molecule has 29 heavy (non-hydrogen) atoms. The van der Waals surface area contributed by atoms with Crippen molar-refractivity contribution >= 4 is 54.6 Å². The maximum absolute atomic E-state index is 14.2. The second-order valence-electron chi connectivity index (χ2n) is 5.90. The van der Waals surface area contributed by atoms with Crippen molar-refractivity contribution in [3.05, 3.63) is 71.2 Å². The Balaban J connectivity index is 1.95. The SMILES string of the molecule is COc1cc(Cl)ccc1N(c1nccs1)S(=O)(=O)c1ccc2cncc(F)c2c1. The molecule has 0 aliphatic rings. The van der Waals surface area contributed by atoms with E-state index < -0.39 is 15.8 Å². The molecule has 0 atom stereocenters. The lowest BCUT2D eigenvalue weighted by Crippen LogP contribution is -2.26. The summed E-state index contributed by atoms with van der Waals surface area (Å²) in [7, 11) is -2.74. The zero-order valence-electron chi connectivity index (χ0n) is 14.9. The molecule has 4 aromatic rings. The third-order valence-electron chi connectivity index (χ3n) is 4.18. The van der Waals surface area contributed by atoms with Gasteiger partial charge in [-0.05, 0) is 24.3 Å². The van der Waals surface area contributed by atoms with Gasteiger partial charge in [-0.15, -0.1) is 11.3 Å². The van der Waals surface area contributed by atoms with E-state index in [4.69, 9.17) is 16.3 Å². The van der Waals surface area contributed by atoms with Gasteiger partial charge in [0.1, 0.15) is 17.3 Å². The monoisotopic (exact) mass is 449 g/mol. The fraction of sp³-hybridized carbons (Fsp3) is 0.0526. The molecule has 0 N–H and O–H groups in total. The molecule has 0 spiro atoms. The number of hydrogen-bond donors (Lipinski definition) is 0. The number of thiazole rings is 1. The van der Waals surface area contributed by atoms with Crippen LogP contribution in [0.4, 0.5) is 15.2 Å². The first-order chi connectivity index (χ1) is 13.9. The number of anilines is 2. The van der Waals surface area contributed by atoms with Gasteiger partial charge in [0.2, 0.25) is 5.13 Å². The van der Waals surface area contributed by atoms with Crippen LogP contribution in [-0.4, -0.2) is 25.5 Å². The highest BCUT2D eigenvalue weighted by Crippen LogP contribution is 2.40. The van der Waals surface area contributed by atoms with Crippen LogP contribution < -0.4 is 9.04 Å². The van der Waals surface area contributed by atoms with Crippen LogP contribution in [0.3, 0.4) is 0 Å². The van der Waals surface area contributed by atoms with E-state index in [1.54, 1.807) is 11.4 Å². The van der Waals surface area contributed by atoms with E-state index in [1.807, 2.05) is 0 Å². The minimum Gasteiger partial charge on any atom is -0.494 e. The highest BCUT2D eigenvalue weighted by molar-refractivity contribution is 7.93. The molecule has 0 radical (unpaired) electrons. The molecule has 0 saturated heterocycles. The number of hydrogen-bond acceptors (Lipinski definition) is 6. The Morgan fingerprint density at radius 3 is 2.72 bits per heavy atom. The zero-order chi connectivity index (χ0) is 20.6. The normalized spacial score (nSPS) is 11.6. The summed E-state index contributed by atoms with van der Waals surface area (Å²) in [5.41, 5.74) is 0.238. The molecule has 0 aliphatic carbocycles. The summed E-state index contributed by atoms with van der Waals surface area (Å²) in [5, 5.41) is 2.91. The molecule has 6 nitrogen and oxygen atoms in total. The highest BCUT2D eigenvalue weighted by Gasteiger charge is 2.31. The third-order valence-corrected chi connectivity index (χ3v) is 6.98. The highest BCUT2D eigenvalue weighted by atomic mass is 35.5. The van der Waals surface area contributed by atoms with E-state index in [0.717, 1.165) is 21.8 Å². The summed E-state index contributed by atoms with van der Waals surface area (Å²) < 4.78 is 47.8. The van der Waals surface area contributed by atoms with Crippen molar-refractivity contribution in [3.63, 3.8) is 0 Å². The van der Waals surface area contributed by atoms with Crippen LogP contribution in [0.15, 0.2) is 65.3 Å². The number of fused-ring (bicyclic) bond motifs is 1. The maximum atomic E-state index is 14.2. The number of aromatic nitrogens is 2. The van der Waals surface area contributed by atoms with E-state index in [0.29, 0.717) is 10.4 Å². The lowest BCUT2D eigenvalue weighted by atomic mass is 10.2. The minimum atomic E-state index is -4.16. The first-order valence-corrected chi connectivity index (χ1v) is 10.9. The quantitative estimate of drug-likeness (QED) is 0.427. The van der Waals surface area contributed by atoms with Crippen LogP contribution in [0.25, 0.3) is 10.8 Å². The fourth-order valence-electron chi connectivity index (χ4n) is 2.84. The molecule has 4 rings (SSSR count). The smallest absolute Gasteiger partial charge is 0.270 e. The van der Waals surface area contributed by atoms with Gasteiger partial charge in [-0.1, -0.05) is 17.7 Å². The summed E-state index contributed by atoms with van der Waals surface area (Å²) in [4.78, 5) is 7.85. The van der Waals surface area contributed by atoms with Crippen molar-refractivity contribution in [1.82, 2.24) is 9.97 Å². The van der Waals surface area contributed by atoms with Gasteiger partial charge in [-0.3, -0.25) is 4.98 Å². The third kappa shape index (κ3) is 3.52. The second kappa shape index (κ2) is 7.58. The first kappa shape index (κ1) is 19.6. The van der Waals surface area contributed by atoms with Gasteiger partial charge in [-0.2, -0.15) is 0 Å². The fourth-order valence-corrected chi connectivity index (χ4v) is 5.37. The minimum absolute atomic E-state index is 0.0951. The molecule has 2 aromatic heterocycles. The van der Waals surface area contributed by atoms with Crippen LogP contribution in [-0.2, 0) is 10.0 Å². The molecule has 0 bridgehead atoms. The average molecular weight is 450 g/mol. The Kier molecular flexibility index (Phi) is 5.12. The maximum Gasteiger partial charge on any atom is 0.270 e. The molecule has 2 aromatic carbocycles. The Hall–Kier alpha value is -2.75. The summed E-state index contributed by atoms with van der Waals surface area (Å²) >= 11 is 7.17. The van der Waals surface area contributed by atoms with Crippen molar-refractivity contribution in [2.75, 3.05) is 11.4 Å². The number of pyridine rings is 1. The van der Waals surface area contributed by atoms with Gasteiger partial charge in [0.05, 0.1) is 18.2 Å². The molecule has 0 unspecified atom stereocenters. The summed E-state index contributed by atoms with van der Waals surface area (Å²) in [5.74, 6) is -0.350. The van der Waals surface area contributed by atoms with Crippen molar-refractivity contribution in [2.24, 2.45) is 0 Å². The van der Waals surface area contributed by atoms with Gasteiger partial charge in [0.25, 0.3) is 10.0 Å². The van der Waals surface area contributed by atoms with Gasteiger partial charge >= 0.3 is 0 Å². The Labute approximate surface area is 175 Å². The first-order valence-electron chi connectivity index (χ1n) is 8.23. The van der Waals surface area contributed by atoms with E-state index >= 15 is 0 Å². The number of benzene rings is 2. The van der Waals surface area contributed by atoms with E-state index in [2.05, 4.69) is 9.97 Å². The zero-order valence-corrected chi connectivity index (χ0v) is 17.3. The van der Waals surface area contributed by atoms with E-state index in [9.17, 15) is 12.8 Å². The number of ether oxygens (including phenoxy) is 1. The van der Waals surface area contributed by atoms with Gasteiger partial charge < -0.3 is 4.74 Å². The molecular weight excluding hydrogens is 437 g/mol. The van der Waals surface area contributed by atoms with Crippen molar-refractivity contribution < 1.29 is 17.5 Å². The molecule has 0 saturated carbocycles. The number of methoxy groups -OCH3 is 1. The Morgan fingerprint density at radius 2 is 2.00 bits per heavy atom. The van der Waals surface area contributed by atoms with Crippen molar-refractivity contribution in [1.29, 1.82) is 0 Å². The van der Waals surface area contributed by atoms with Gasteiger partial charge in [-0.25, -0.2) is 22.1 Å². The number of halogens is 2. The summed E-state index contributed by atoms with van der Waals surface area (Å²) in [6.07, 6.45) is 4.01. The lowest BCUT2D eigenvalue weighted by molar-refractivity contribution is 0.416. The lowest BCUT2D eigenvalue weighted by Gasteiger charge is -2.24. The van der Waals surface area contributed by atoms with E-state index in [1.165, 1.54) is 49.8 Å². The predicted molar refractivity (Wildman–Crippen MR) is 111 cm³/mol. The molecule has 10 heteroatoms. The largest absolute Gasteiger partial charge is 0.494 e. The van der Waals surface area contributed by atoms with Crippen molar-refractivity contribution in [3.8, 4) is 5.75 Å². The van der Waals surface area contributed by atoms with Gasteiger partial charge in [0, 0.05) is 39.6 Å². The average Bonchev–Trinajstić information content (AvgIpc) is 3.23. The van der Waals surface area contributed by atoms with Crippen LogP contribution in [0.1, 0.15) is 0 Å². The van der Waals surface area contributed by atoms with Crippen LogP contribution in [0.2, 0.25) is 5.02 Å². The Morgan fingerprint density at radius 1 is 1.17 bits per heavy atom.